The first kappa shape index (κ1) is 23.4. The summed E-state index contributed by atoms with van der Waals surface area (Å²) < 4.78 is 0. The summed E-state index contributed by atoms with van der Waals surface area (Å²) in [5.41, 5.74) is 7.01. The molecule has 1 aromatic heterocycles. The van der Waals surface area contributed by atoms with Gasteiger partial charge in [0.25, 0.3) is 0 Å². The minimum Gasteiger partial charge on any atom is -0.340 e. The zero-order valence-electron chi connectivity index (χ0n) is 13.7. The smallest absolute Gasteiger partial charge is 0.225 e. The van der Waals surface area contributed by atoms with Crippen LogP contribution >= 0.6 is 37.2 Å². The maximum Gasteiger partial charge on any atom is 0.225 e. The summed E-state index contributed by atoms with van der Waals surface area (Å²) in [6, 6.07) is 6.24. The highest BCUT2D eigenvalue weighted by Crippen LogP contribution is 2.26. The highest BCUT2D eigenvalue weighted by Gasteiger charge is 2.32. The number of carbonyl (C=O) groups excluding carboxylic acids is 1. The van der Waals surface area contributed by atoms with Gasteiger partial charge in [0.1, 0.15) is 0 Å². The molecular formula is C16H27Cl3N4O. The second-order valence-electron chi connectivity index (χ2n) is 6.19. The van der Waals surface area contributed by atoms with E-state index in [4.69, 9.17) is 5.73 Å². The zero-order valence-corrected chi connectivity index (χ0v) is 16.1. The Hall–Kier alpha value is -0.590. The molecule has 2 fully saturated rings. The van der Waals surface area contributed by atoms with E-state index in [2.05, 4.69) is 16.0 Å². The number of amides is 1. The summed E-state index contributed by atoms with van der Waals surface area (Å²) in [5.74, 6) is 0.489. The molecule has 138 valence electrons. The molecule has 0 bridgehead atoms. The molecule has 1 aliphatic carbocycles. The quantitative estimate of drug-likeness (QED) is 0.848. The van der Waals surface area contributed by atoms with Crippen molar-refractivity contribution in [2.75, 3.05) is 26.2 Å². The molecule has 1 aliphatic heterocycles. The lowest BCUT2D eigenvalue weighted by atomic mass is 10.1. The van der Waals surface area contributed by atoms with Crippen molar-refractivity contribution in [3.63, 3.8) is 0 Å². The van der Waals surface area contributed by atoms with Crippen molar-refractivity contribution < 1.29 is 4.79 Å². The van der Waals surface area contributed by atoms with Crippen LogP contribution in [0.5, 0.6) is 0 Å². The van der Waals surface area contributed by atoms with E-state index >= 15 is 0 Å². The van der Waals surface area contributed by atoms with E-state index in [1.807, 2.05) is 23.2 Å². The maximum absolute atomic E-state index is 12.5. The predicted molar refractivity (Wildman–Crippen MR) is 103 cm³/mol. The minimum absolute atomic E-state index is 0. The first-order valence-corrected chi connectivity index (χ1v) is 7.89. The van der Waals surface area contributed by atoms with Crippen molar-refractivity contribution in [2.24, 2.45) is 11.7 Å². The van der Waals surface area contributed by atoms with Gasteiger partial charge in [-0.05, 0) is 31.4 Å². The number of aromatic nitrogens is 1. The number of nitrogens with two attached hydrogens (primary N) is 1. The third-order valence-electron chi connectivity index (χ3n) is 4.62. The van der Waals surface area contributed by atoms with Gasteiger partial charge in [-0.2, -0.15) is 0 Å². The van der Waals surface area contributed by atoms with Gasteiger partial charge in [0.2, 0.25) is 5.91 Å². The van der Waals surface area contributed by atoms with E-state index in [1.165, 1.54) is 0 Å². The van der Waals surface area contributed by atoms with Crippen molar-refractivity contribution in [1.29, 1.82) is 0 Å². The lowest BCUT2D eigenvalue weighted by molar-refractivity contribution is -0.137. The third-order valence-corrected chi connectivity index (χ3v) is 4.62. The van der Waals surface area contributed by atoms with E-state index < -0.39 is 0 Å². The molecular weight excluding hydrogens is 371 g/mol. The Kier molecular flexibility index (Phi) is 10.8. The van der Waals surface area contributed by atoms with Crippen LogP contribution in [0.15, 0.2) is 24.4 Å². The van der Waals surface area contributed by atoms with Crippen LogP contribution in [-0.2, 0) is 11.3 Å². The Bertz CT molecular complexity index is 483. The third kappa shape index (κ3) is 6.05. The van der Waals surface area contributed by atoms with Crippen LogP contribution in [0, 0.1) is 5.92 Å². The van der Waals surface area contributed by atoms with Gasteiger partial charge >= 0.3 is 0 Å². The summed E-state index contributed by atoms with van der Waals surface area (Å²) in [5, 5.41) is 0. The maximum atomic E-state index is 12.5. The monoisotopic (exact) mass is 396 g/mol. The normalized spacial score (nSPS) is 23.6. The number of pyridine rings is 1. The first-order chi connectivity index (χ1) is 10.2. The van der Waals surface area contributed by atoms with Gasteiger partial charge in [0.15, 0.2) is 0 Å². The van der Waals surface area contributed by atoms with Crippen molar-refractivity contribution in [3.8, 4) is 0 Å². The van der Waals surface area contributed by atoms with E-state index in [-0.39, 0.29) is 49.2 Å². The number of hydrogen-bond acceptors (Lipinski definition) is 4. The number of hydrogen-bond donors (Lipinski definition) is 1. The van der Waals surface area contributed by atoms with Crippen LogP contribution in [0.25, 0.3) is 0 Å². The van der Waals surface area contributed by atoms with Gasteiger partial charge < -0.3 is 10.6 Å². The highest BCUT2D eigenvalue weighted by atomic mass is 35.5. The van der Waals surface area contributed by atoms with Crippen molar-refractivity contribution in [1.82, 2.24) is 14.8 Å². The average Bonchev–Trinajstić information content (AvgIpc) is 2.95. The number of carbonyl (C=O) groups is 1. The van der Waals surface area contributed by atoms with Crippen molar-refractivity contribution in [3.05, 3.63) is 30.1 Å². The minimum atomic E-state index is 0. The molecule has 5 nitrogen and oxygen atoms in total. The molecule has 24 heavy (non-hydrogen) atoms. The van der Waals surface area contributed by atoms with Crippen LogP contribution in [0.3, 0.4) is 0 Å². The summed E-state index contributed by atoms with van der Waals surface area (Å²) in [6.45, 7) is 4.40. The van der Waals surface area contributed by atoms with Crippen molar-refractivity contribution >= 4 is 43.1 Å². The zero-order chi connectivity index (χ0) is 14.7. The molecule has 0 spiro atoms. The molecule has 2 aliphatic rings. The molecule has 0 aromatic carbocycles. The van der Waals surface area contributed by atoms with Crippen LogP contribution in [0.2, 0.25) is 0 Å². The number of halogens is 3. The van der Waals surface area contributed by atoms with Gasteiger partial charge in [-0.1, -0.05) is 6.07 Å². The van der Waals surface area contributed by atoms with Crippen LogP contribution in [-0.4, -0.2) is 52.9 Å². The Balaban J connectivity index is 0.00000176. The summed E-state index contributed by atoms with van der Waals surface area (Å²) in [7, 11) is 0. The molecule has 2 unspecified atom stereocenters. The summed E-state index contributed by atoms with van der Waals surface area (Å²) >= 11 is 0. The molecule has 2 atom stereocenters. The van der Waals surface area contributed by atoms with Crippen LogP contribution < -0.4 is 5.73 Å². The van der Waals surface area contributed by atoms with E-state index in [0.29, 0.717) is 5.91 Å². The topological polar surface area (TPSA) is 62.5 Å². The Labute approximate surface area is 162 Å². The van der Waals surface area contributed by atoms with E-state index in [0.717, 1.165) is 57.7 Å². The van der Waals surface area contributed by atoms with Gasteiger partial charge in [-0.3, -0.25) is 14.7 Å². The second-order valence-corrected chi connectivity index (χ2v) is 6.19. The van der Waals surface area contributed by atoms with Crippen LogP contribution in [0.4, 0.5) is 0 Å². The fraction of sp³-hybridized carbons (Fsp3) is 0.625. The standard InChI is InChI=1S/C16H24N4O.3ClH/c17-14-5-4-13(11-14)16(21)20-9-7-19(8-10-20)12-15-3-1-2-6-18-15;;;/h1-3,6,13-14H,4-5,7-12,17H2;3*1H. The van der Waals surface area contributed by atoms with Crippen molar-refractivity contribution in [2.45, 2.75) is 31.8 Å². The second kappa shape index (κ2) is 11.1. The molecule has 0 radical (unpaired) electrons. The molecule has 2 heterocycles. The Morgan fingerprint density at radius 1 is 1.12 bits per heavy atom. The number of nitrogens with zero attached hydrogens (tertiary/aromatic N) is 3. The molecule has 3 rings (SSSR count). The van der Waals surface area contributed by atoms with E-state index in [1.54, 1.807) is 0 Å². The van der Waals surface area contributed by atoms with Gasteiger partial charge in [0, 0.05) is 50.9 Å². The molecule has 2 N–H and O–H groups in total. The molecule has 1 saturated heterocycles. The van der Waals surface area contributed by atoms with Gasteiger partial charge in [-0.15, -0.1) is 37.2 Å². The number of piperazine rings is 1. The van der Waals surface area contributed by atoms with Gasteiger partial charge in [0.05, 0.1) is 5.69 Å². The number of rotatable bonds is 3. The molecule has 1 saturated carbocycles. The fourth-order valence-corrected chi connectivity index (χ4v) is 3.35. The van der Waals surface area contributed by atoms with Gasteiger partial charge in [-0.25, -0.2) is 0 Å². The molecule has 1 amide bonds. The lowest BCUT2D eigenvalue weighted by Gasteiger charge is -2.35. The average molecular weight is 398 g/mol. The Morgan fingerprint density at radius 2 is 1.83 bits per heavy atom. The SMILES string of the molecule is Cl.Cl.Cl.NC1CCC(C(=O)N2CCN(Cc3ccccn3)CC2)C1. The lowest BCUT2D eigenvalue weighted by Crippen LogP contribution is -2.49. The summed E-state index contributed by atoms with van der Waals surface area (Å²) in [6.07, 6.45) is 4.66. The predicted octanol–water partition coefficient (Wildman–Crippen LogP) is 2.12. The van der Waals surface area contributed by atoms with Crippen LogP contribution in [0.1, 0.15) is 25.0 Å². The first-order valence-electron chi connectivity index (χ1n) is 7.89. The molecule has 8 heteroatoms. The Morgan fingerprint density at radius 3 is 2.38 bits per heavy atom. The summed E-state index contributed by atoms with van der Waals surface area (Å²) in [4.78, 5) is 21.2. The largest absolute Gasteiger partial charge is 0.340 e. The molecule has 1 aromatic rings. The highest BCUT2D eigenvalue weighted by molar-refractivity contribution is 5.86. The fourth-order valence-electron chi connectivity index (χ4n) is 3.35. The van der Waals surface area contributed by atoms with E-state index in [9.17, 15) is 4.79 Å².